The van der Waals surface area contributed by atoms with Gasteiger partial charge in [0.2, 0.25) is 5.91 Å². The standard InChI is InChI=1S/C11H19N3OS/c1-3-9-6-12-11(16-9)13-8-4-5-10(15)14(2)7-8/h8-9H,3-7H2,1-2H3,(H,12,13). The summed E-state index contributed by atoms with van der Waals surface area (Å²) in [6.07, 6.45) is 2.76. The zero-order valence-corrected chi connectivity index (χ0v) is 10.7. The first-order valence-corrected chi connectivity index (χ1v) is 6.78. The van der Waals surface area contributed by atoms with Crippen molar-refractivity contribution in [1.82, 2.24) is 10.2 Å². The van der Waals surface area contributed by atoms with E-state index in [-0.39, 0.29) is 5.91 Å². The van der Waals surface area contributed by atoms with Crippen LogP contribution >= 0.6 is 11.8 Å². The number of carbonyl (C=O) groups excluding carboxylic acids is 1. The Bertz CT molecular complexity index is 306. The van der Waals surface area contributed by atoms with E-state index in [9.17, 15) is 4.79 Å². The number of aliphatic imine (C=N–C) groups is 1. The Balaban J connectivity index is 1.80. The number of likely N-dealkylation sites (tertiary alicyclic amines) is 1. The number of hydrogen-bond acceptors (Lipinski definition) is 4. The summed E-state index contributed by atoms with van der Waals surface area (Å²) in [5.74, 6) is 0.255. The Labute approximate surface area is 101 Å². The third-order valence-corrected chi connectivity index (χ3v) is 4.41. The Morgan fingerprint density at radius 1 is 1.62 bits per heavy atom. The molecule has 5 heteroatoms. The molecule has 1 fully saturated rings. The molecule has 2 rings (SSSR count). The first-order chi connectivity index (χ1) is 7.69. The van der Waals surface area contributed by atoms with Gasteiger partial charge in [-0.3, -0.25) is 9.79 Å². The van der Waals surface area contributed by atoms with Gasteiger partial charge in [-0.1, -0.05) is 18.7 Å². The van der Waals surface area contributed by atoms with Gasteiger partial charge in [0.05, 0.1) is 6.54 Å². The topological polar surface area (TPSA) is 44.7 Å². The highest BCUT2D eigenvalue weighted by molar-refractivity contribution is 8.14. The fourth-order valence-electron chi connectivity index (χ4n) is 2.01. The number of thioether (sulfide) groups is 1. The monoisotopic (exact) mass is 241 g/mol. The third-order valence-electron chi connectivity index (χ3n) is 3.13. The Morgan fingerprint density at radius 2 is 2.44 bits per heavy atom. The maximum absolute atomic E-state index is 11.3. The molecule has 0 aromatic heterocycles. The van der Waals surface area contributed by atoms with E-state index in [1.54, 1.807) is 4.90 Å². The van der Waals surface area contributed by atoms with E-state index >= 15 is 0 Å². The van der Waals surface area contributed by atoms with Crippen LogP contribution in [-0.4, -0.2) is 47.4 Å². The minimum atomic E-state index is 0.255. The van der Waals surface area contributed by atoms with Gasteiger partial charge in [0.1, 0.15) is 0 Å². The van der Waals surface area contributed by atoms with Crippen molar-refractivity contribution in [3.05, 3.63) is 0 Å². The van der Waals surface area contributed by atoms with E-state index in [1.165, 1.54) is 6.42 Å². The largest absolute Gasteiger partial charge is 0.360 e. The molecule has 16 heavy (non-hydrogen) atoms. The van der Waals surface area contributed by atoms with Gasteiger partial charge in [-0.2, -0.15) is 0 Å². The molecule has 0 saturated carbocycles. The summed E-state index contributed by atoms with van der Waals surface area (Å²) in [6, 6.07) is 0.379. The predicted molar refractivity (Wildman–Crippen MR) is 67.8 cm³/mol. The highest BCUT2D eigenvalue weighted by atomic mass is 32.2. The normalized spacial score (nSPS) is 30.5. The van der Waals surface area contributed by atoms with Gasteiger partial charge in [-0.05, 0) is 12.8 Å². The van der Waals surface area contributed by atoms with Crippen LogP contribution in [0, 0.1) is 0 Å². The number of amidine groups is 1. The van der Waals surface area contributed by atoms with Crippen molar-refractivity contribution in [3.63, 3.8) is 0 Å². The summed E-state index contributed by atoms with van der Waals surface area (Å²) in [6.45, 7) is 3.93. The smallest absolute Gasteiger partial charge is 0.222 e. The maximum atomic E-state index is 11.3. The Kier molecular flexibility index (Phi) is 3.74. The molecule has 2 heterocycles. The van der Waals surface area contributed by atoms with Crippen molar-refractivity contribution in [2.24, 2.45) is 4.99 Å². The second kappa shape index (κ2) is 5.08. The third kappa shape index (κ3) is 2.70. The van der Waals surface area contributed by atoms with Crippen LogP contribution in [0.5, 0.6) is 0 Å². The first-order valence-electron chi connectivity index (χ1n) is 5.90. The van der Waals surface area contributed by atoms with Gasteiger partial charge in [0.25, 0.3) is 0 Å². The van der Waals surface area contributed by atoms with E-state index in [1.807, 2.05) is 18.8 Å². The average Bonchev–Trinajstić information content (AvgIpc) is 2.71. The predicted octanol–water partition coefficient (Wildman–Crippen LogP) is 1.08. The second-order valence-corrected chi connectivity index (χ2v) is 5.74. The van der Waals surface area contributed by atoms with Crippen LogP contribution in [0.4, 0.5) is 0 Å². The summed E-state index contributed by atoms with van der Waals surface area (Å²) < 4.78 is 0. The zero-order valence-electron chi connectivity index (χ0n) is 9.90. The SMILES string of the molecule is CCC1CN=C(NC2CCC(=O)N(C)C2)S1. The van der Waals surface area contributed by atoms with E-state index in [4.69, 9.17) is 0 Å². The molecule has 0 aromatic rings. The lowest BCUT2D eigenvalue weighted by Crippen LogP contribution is -2.47. The number of amides is 1. The van der Waals surface area contributed by atoms with Crippen molar-refractivity contribution in [2.45, 2.75) is 37.5 Å². The fourth-order valence-corrected chi connectivity index (χ4v) is 3.03. The van der Waals surface area contributed by atoms with Crippen LogP contribution < -0.4 is 5.32 Å². The number of nitrogens with zero attached hydrogens (tertiary/aromatic N) is 2. The molecule has 2 atom stereocenters. The van der Waals surface area contributed by atoms with E-state index in [0.717, 1.165) is 24.7 Å². The molecule has 90 valence electrons. The highest BCUT2D eigenvalue weighted by Gasteiger charge is 2.25. The minimum Gasteiger partial charge on any atom is -0.360 e. The number of hydrogen-bond donors (Lipinski definition) is 1. The summed E-state index contributed by atoms with van der Waals surface area (Å²) in [5.41, 5.74) is 0. The molecular formula is C11H19N3OS. The van der Waals surface area contributed by atoms with Gasteiger partial charge in [-0.15, -0.1) is 0 Å². The van der Waals surface area contributed by atoms with Crippen LogP contribution in [0.1, 0.15) is 26.2 Å². The first kappa shape index (κ1) is 11.8. The van der Waals surface area contributed by atoms with Crippen molar-refractivity contribution < 1.29 is 4.79 Å². The lowest BCUT2D eigenvalue weighted by atomic mass is 10.1. The van der Waals surface area contributed by atoms with E-state index in [2.05, 4.69) is 17.2 Å². The van der Waals surface area contributed by atoms with E-state index < -0.39 is 0 Å². The van der Waals surface area contributed by atoms with Crippen LogP contribution in [0.25, 0.3) is 0 Å². The van der Waals surface area contributed by atoms with E-state index in [0.29, 0.717) is 17.7 Å². The van der Waals surface area contributed by atoms with Gasteiger partial charge < -0.3 is 10.2 Å². The summed E-state index contributed by atoms with van der Waals surface area (Å²) in [7, 11) is 1.87. The van der Waals surface area contributed by atoms with Crippen LogP contribution in [0.15, 0.2) is 4.99 Å². The molecule has 0 bridgehead atoms. The fraction of sp³-hybridized carbons (Fsp3) is 0.818. The summed E-state index contributed by atoms with van der Waals surface area (Å²) >= 11 is 1.84. The van der Waals surface area contributed by atoms with Crippen molar-refractivity contribution >= 4 is 22.8 Å². The quantitative estimate of drug-likeness (QED) is 0.787. The number of likely N-dealkylation sites (N-methyl/N-ethyl adjacent to an activating group) is 1. The molecule has 1 N–H and O–H groups in total. The van der Waals surface area contributed by atoms with Crippen LogP contribution in [0.3, 0.4) is 0 Å². The molecule has 0 aromatic carbocycles. The molecule has 0 aliphatic carbocycles. The highest BCUT2D eigenvalue weighted by Crippen LogP contribution is 2.23. The van der Waals surface area contributed by atoms with Crippen molar-refractivity contribution in [3.8, 4) is 0 Å². The number of carbonyl (C=O) groups is 1. The summed E-state index contributed by atoms with van der Waals surface area (Å²) in [5, 5.41) is 5.17. The van der Waals surface area contributed by atoms with Gasteiger partial charge >= 0.3 is 0 Å². The summed E-state index contributed by atoms with van der Waals surface area (Å²) in [4.78, 5) is 17.6. The van der Waals surface area contributed by atoms with Gasteiger partial charge in [0, 0.05) is 31.3 Å². The number of nitrogens with one attached hydrogen (secondary N) is 1. The molecule has 1 amide bonds. The molecule has 2 aliphatic heterocycles. The maximum Gasteiger partial charge on any atom is 0.222 e. The zero-order chi connectivity index (χ0) is 11.5. The van der Waals surface area contributed by atoms with Crippen molar-refractivity contribution in [1.29, 1.82) is 0 Å². The molecule has 0 radical (unpaired) electrons. The molecule has 4 nitrogen and oxygen atoms in total. The lowest BCUT2D eigenvalue weighted by molar-refractivity contribution is -0.132. The average molecular weight is 241 g/mol. The van der Waals surface area contributed by atoms with Crippen LogP contribution in [0.2, 0.25) is 0 Å². The molecular weight excluding hydrogens is 222 g/mol. The lowest BCUT2D eigenvalue weighted by Gasteiger charge is -2.30. The van der Waals surface area contributed by atoms with Crippen molar-refractivity contribution in [2.75, 3.05) is 20.1 Å². The van der Waals surface area contributed by atoms with Gasteiger partial charge in [0.15, 0.2) is 5.17 Å². The molecule has 1 saturated heterocycles. The minimum absolute atomic E-state index is 0.255. The Morgan fingerprint density at radius 3 is 3.06 bits per heavy atom. The Hall–Kier alpha value is -0.710. The van der Waals surface area contributed by atoms with Crippen LogP contribution in [-0.2, 0) is 4.79 Å². The number of piperidine rings is 1. The molecule has 2 unspecified atom stereocenters. The molecule has 0 spiro atoms. The van der Waals surface area contributed by atoms with Gasteiger partial charge in [-0.25, -0.2) is 0 Å². The second-order valence-electron chi connectivity index (χ2n) is 4.45. The number of rotatable bonds is 2. The molecule has 2 aliphatic rings.